The zero-order valence-electron chi connectivity index (χ0n) is 9.53. The van der Waals surface area contributed by atoms with Crippen molar-refractivity contribution in [2.75, 3.05) is 13.2 Å². The van der Waals surface area contributed by atoms with Gasteiger partial charge in [0.05, 0.1) is 0 Å². The standard InChI is InChI=1S/C12H20N2O/c1-12(2,7-10-15)14-9-6-11-5-3-4-8-13-11/h3-5,8,14-15H,6-7,9-10H2,1-2H3. The van der Waals surface area contributed by atoms with Gasteiger partial charge in [-0.25, -0.2) is 0 Å². The highest BCUT2D eigenvalue weighted by Crippen LogP contribution is 2.06. The summed E-state index contributed by atoms with van der Waals surface area (Å²) in [5, 5.41) is 12.3. The monoisotopic (exact) mass is 208 g/mol. The van der Waals surface area contributed by atoms with Crippen LogP contribution in [-0.4, -0.2) is 28.8 Å². The largest absolute Gasteiger partial charge is 0.396 e. The highest BCUT2D eigenvalue weighted by molar-refractivity contribution is 5.03. The average Bonchev–Trinajstić information content (AvgIpc) is 2.19. The molecule has 3 nitrogen and oxygen atoms in total. The lowest BCUT2D eigenvalue weighted by Crippen LogP contribution is -2.41. The van der Waals surface area contributed by atoms with Crippen molar-refractivity contribution in [3.8, 4) is 0 Å². The lowest BCUT2D eigenvalue weighted by molar-refractivity contribution is 0.231. The van der Waals surface area contributed by atoms with Gasteiger partial charge in [0.25, 0.3) is 0 Å². The molecule has 0 fully saturated rings. The highest BCUT2D eigenvalue weighted by atomic mass is 16.3. The van der Waals surface area contributed by atoms with E-state index in [4.69, 9.17) is 5.11 Å². The Kier molecular flexibility index (Phi) is 4.72. The van der Waals surface area contributed by atoms with Crippen molar-refractivity contribution in [1.82, 2.24) is 10.3 Å². The van der Waals surface area contributed by atoms with Crippen LogP contribution in [0.2, 0.25) is 0 Å². The molecule has 0 spiro atoms. The van der Waals surface area contributed by atoms with Crippen LogP contribution < -0.4 is 5.32 Å². The van der Waals surface area contributed by atoms with E-state index in [1.165, 1.54) is 0 Å². The van der Waals surface area contributed by atoms with E-state index in [9.17, 15) is 0 Å². The van der Waals surface area contributed by atoms with Gasteiger partial charge in [-0.3, -0.25) is 4.98 Å². The third-order valence-electron chi connectivity index (χ3n) is 2.45. The number of aliphatic hydroxyl groups is 1. The van der Waals surface area contributed by atoms with Crippen LogP contribution in [-0.2, 0) is 6.42 Å². The van der Waals surface area contributed by atoms with Crippen LogP contribution in [0.5, 0.6) is 0 Å². The quantitative estimate of drug-likeness (QED) is 0.742. The van der Waals surface area contributed by atoms with Gasteiger partial charge in [-0.15, -0.1) is 0 Å². The van der Waals surface area contributed by atoms with E-state index in [0.717, 1.165) is 25.1 Å². The van der Waals surface area contributed by atoms with Gasteiger partial charge in [-0.2, -0.15) is 0 Å². The van der Waals surface area contributed by atoms with Gasteiger partial charge in [0, 0.05) is 37.0 Å². The van der Waals surface area contributed by atoms with Crippen LogP contribution in [0, 0.1) is 0 Å². The summed E-state index contributed by atoms with van der Waals surface area (Å²) in [5.41, 5.74) is 1.11. The molecule has 15 heavy (non-hydrogen) atoms. The Morgan fingerprint density at radius 3 is 2.80 bits per heavy atom. The van der Waals surface area contributed by atoms with E-state index in [0.29, 0.717) is 0 Å². The summed E-state index contributed by atoms with van der Waals surface area (Å²) >= 11 is 0. The van der Waals surface area contributed by atoms with E-state index < -0.39 is 0 Å². The van der Waals surface area contributed by atoms with Gasteiger partial charge >= 0.3 is 0 Å². The third-order valence-corrected chi connectivity index (χ3v) is 2.45. The molecule has 0 radical (unpaired) electrons. The van der Waals surface area contributed by atoms with Crippen molar-refractivity contribution in [3.05, 3.63) is 30.1 Å². The minimum atomic E-state index is 0.00350. The third kappa shape index (κ3) is 4.91. The molecule has 1 aromatic rings. The zero-order valence-corrected chi connectivity index (χ0v) is 9.53. The minimum Gasteiger partial charge on any atom is -0.396 e. The second-order valence-electron chi connectivity index (χ2n) is 4.36. The molecule has 3 heteroatoms. The zero-order chi connectivity index (χ0) is 11.1. The van der Waals surface area contributed by atoms with Gasteiger partial charge in [-0.05, 0) is 32.4 Å². The van der Waals surface area contributed by atoms with E-state index in [-0.39, 0.29) is 12.1 Å². The van der Waals surface area contributed by atoms with Crippen LogP contribution in [0.15, 0.2) is 24.4 Å². The first-order valence-corrected chi connectivity index (χ1v) is 5.40. The number of pyridine rings is 1. The summed E-state index contributed by atoms with van der Waals surface area (Å²) in [6, 6.07) is 5.95. The first kappa shape index (κ1) is 12.1. The number of rotatable bonds is 6. The van der Waals surface area contributed by atoms with E-state index in [1.807, 2.05) is 24.4 Å². The molecule has 0 aliphatic rings. The molecule has 84 valence electrons. The Bertz CT molecular complexity index is 272. The fraction of sp³-hybridized carbons (Fsp3) is 0.583. The Morgan fingerprint density at radius 2 is 2.20 bits per heavy atom. The summed E-state index contributed by atoms with van der Waals surface area (Å²) in [6.45, 7) is 5.32. The van der Waals surface area contributed by atoms with Crippen LogP contribution in [0.3, 0.4) is 0 Å². The molecule has 0 amide bonds. The maximum Gasteiger partial charge on any atom is 0.0448 e. The first-order valence-electron chi connectivity index (χ1n) is 5.40. The van der Waals surface area contributed by atoms with Crippen molar-refractivity contribution in [2.45, 2.75) is 32.2 Å². The summed E-state index contributed by atoms with van der Waals surface area (Å²) < 4.78 is 0. The van der Waals surface area contributed by atoms with Gasteiger partial charge in [0.1, 0.15) is 0 Å². The van der Waals surface area contributed by atoms with Crippen LogP contribution >= 0.6 is 0 Å². The number of nitrogens with zero attached hydrogens (tertiary/aromatic N) is 1. The SMILES string of the molecule is CC(C)(CCO)NCCc1ccccn1. The number of aromatic nitrogens is 1. The molecular weight excluding hydrogens is 188 g/mol. The molecule has 0 atom stereocenters. The molecule has 2 N–H and O–H groups in total. The maximum absolute atomic E-state index is 8.87. The molecule has 0 saturated heterocycles. The van der Waals surface area contributed by atoms with E-state index in [2.05, 4.69) is 24.1 Å². The maximum atomic E-state index is 8.87. The smallest absolute Gasteiger partial charge is 0.0448 e. The number of hydrogen-bond acceptors (Lipinski definition) is 3. The molecule has 1 heterocycles. The van der Waals surface area contributed by atoms with Crippen LogP contribution in [0.25, 0.3) is 0 Å². The van der Waals surface area contributed by atoms with Gasteiger partial charge in [-0.1, -0.05) is 6.07 Å². The number of nitrogens with one attached hydrogen (secondary N) is 1. The lowest BCUT2D eigenvalue weighted by Gasteiger charge is -2.25. The molecular formula is C12H20N2O. The van der Waals surface area contributed by atoms with Gasteiger partial charge < -0.3 is 10.4 Å². The summed E-state index contributed by atoms with van der Waals surface area (Å²) in [4.78, 5) is 4.25. The van der Waals surface area contributed by atoms with Crippen molar-refractivity contribution in [3.63, 3.8) is 0 Å². The topological polar surface area (TPSA) is 45.1 Å². The minimum absolute atomic E-state index is 0.00350. The predicted octanol–water partition coefficient (Wildman–Crippen LogP) is 1.37. The second kappa shape index (κ2) is 5.83. The van der Waals surface area contributed by atoms with Crippen LogP contribution in [0.1, 0.15) is 26.0 Å². The summed E-state index contributed by atoms with van der Waals surface area (Å²) in [7, 11) is 0. The molecule has 0 bridgehead atoms. The summed E-state index contributed by atoms with van der Waals surface area (Å²) in [5.74, 6) is 0. The average molecular weight is 208 g/mol. The Morgan fingerprint density at radius 1 is 1.40 bits per heavy atom. The number of hydrogen-bond donors (Lipinski definition) is 2. The molecule has 0 aliphatic carbocycles. The molecule has 1 rings (SSSR count). The van der Waals surface area contributed by atoms with Gasteiger partial charge in [0.2, 0.25) is 0 Å². The molecule has 0 aliphatic heterocycles. The van der Waals surface area contributed by atoms with E-state index in [1.54, 1.807) is 0 Å². The lowest BCUT2D eigenvalue weighted by atomic mass is 10.0. The Balaban J connectivity index is 2.27. The second-order valence-corrected chi connectivity index (χ2v) is 4.36. The van der Waals surface area contributed by atoms with Crippen molar-refractivity contribution < 1.29 is 5.11 Å². The molecule has 0 aromatic carbocycles. The van der Waals surface area contributed by atoms with Gasteiger partial charge in [0.15, 0.2) is 0 Å². The molecule has 0 saturated carbocycles. The highest BCUT2D eigenvalue weighted by Gasteiger charge is 2.15. The Labute approximate surface area is 91.5 Å². The van der Waals surface area contributed by atoms with Crippen molar-refractivity contribution in [2.24, 2.45) is 0 Å². The van der Waals surface area contributed by atoms with Crippen molar-refractivity contribution in [1.29, 1.82) is 0 Å². The predicted molar refractivity (Wildman–Crippen MR) is 61.7 cm³/mol. The normalized spacial score (nSPS) is 11.7. The molecule has 0 unspecified atom stereocenters. The van der Waals surface area contributed by atoms with Crippen LogP contribution in [0.4, 0.5) is 0 Å². The fourth-order valence-corrected chi connectivity index (χ4v) is 1.44. The summed E-state index contributed by atoms with van der Waals surface area (Å²) in [6.07, 6.45) is 3.51. The first-order chi connectivity index (χ1) is 7.14. The van der Waals surface area contributed by atoms with E-state index >= 15 is 0 Å². The fourth-order valence-electron chi connectivity index (χ4n) is 1.44. The van der Waals surface area contributed by atoms with Crippen molar-refractivity contribution >= 4 is 0 Å². The number of aliphatic hydroxyl groups excluding tert-OH is 1. The Hall–Kier alpha value is -0.930. The molecule has 1 aromatic heterocycles.